The molecule has 0 atom stereocenters. The van der Waals surface area contributed by atoms with Crippen LogP contribution in [-0.4, -0.2) is 19.0 Å². The number of halogens is 2. The lowest BCUT2D eigenvalue weighted by Gasteiger charge is -2.07. The number of hydrogen-bond acceptors (Lipinski definition) is 3. The molecule has 0 aliphatic carbocycles. The average Bonchev–Trinajstić information content (AvgIpc) is 2.31. The van der Waals surface area contributed by atoms with E-state index < -0.39 is 5.82 Å². The molecule has 0 bridgehead atoms. The fraction of sp³-hybridized carbons (Fsp3) is 0.273. The van der Waals surface area contributed by atoms with E-state index in [1.54, 1.807) is 6.07 Å². The molecule has 17 heavy (non-hydrogen) atoms. The molecule has 6 heteroatoms. The minimum absolute atomic E-state index is 0.0203. The molecule has 0 aromatic heterocycles. The quantitative estimate of drug-likeness (QED) is 0.790. The van der Waals surface area contributed by atoms with Gasteiger partial charge in [0, 0.05) is 12.2 Å². The van der Waals surface area contributed by atoms with Gasteiger partial charge in [0.15, 0.2) is 0 Å². The third-order valence-corrected chi connectivity index (χ3v) is 2.24. The van der Waals surface area contributed by atoms with Crippen molar-refractivity contribution in [3.63, 3.8) is 0 Å². The maximum atomic E-state index is 13.0. The van der Waals surface area contributed by atoms with Gasteiger partial charge in [0.1, 0.15) is 5.82 Å². The Bertz CT molecular complexity index is 445. The minimum atomic E-state index is -0.540. The highest BCUT2D eigenvalue weighted by atomic mass is 35.5. The molecule has 0 heterocycles. The number of nitrogens with one attached hydrogen (secondary N) is 2. The van der Waals surface area contributed by atoms with Crippen LogP contribution < -0.4 is 10.6 Å². The van der Waals surface area contributed by atoms with Crippen LogP contribution in [0.2, 0.25) is 5.02 Å². The van der Waals surface area contributed by atoms with E-state index >= 15 is 0 Å². The molecule has 1 rings (SSSR count). The van der Waals surface area contributed by atoms with Crippen molar-refractivity contribution in [3.05, 3.63) is 29.0 Å². The molecular formula is C11H11ClFN3O. The van der Waals surface area contributed by atoms with Gasteiger partial charge in [-0.3, -0.25) is 4.79 Å². The highest BCUT2D eigenvalue weighted by Crippen LogP contribution is 2.18. The fourth-order valence-corrected chi connectivity index (χ4v) is 1.23. The largest absolute Gasteiger partial charge is 0.376 e. The monoisotopic (exact) mass is 255 g/mol. The topological polar surface area (TPSA) is 64.9 Å². The lowest BCUT2D eigenvalue weighted by atomic mass is 10.3. The van der Waals surface area contributed by atoms with E-state index in [1.165, 1.54) is 12.1 Å². The van der Waals surface area contributed by atoms with Gasteiger partial charge in [-0.2, -0.15) is 5.26 Å². The molecule has 0 unspecified atom stereocenters. The number of benzene rings is 1. The van der Waals surface area contributed by atoms with Gasteiger partial charge in [-0.15, -0.1) is 0 Å². The summed E-state index contributed by atoms with van der Waals surface area (Å²) in [7, 11) is 0. The Morgan fingerprint density at radius 3 is 2.94 bits per heavy atom. The van der Waals surface area contributed by atoms with Gasteiger partial charge >= 0.3 is 0 Å². The number of carbonyl (C=O) groups is 1. The Morgan fingerprint density at radius 1 is 1.53 bits per heavy atom. The molecule has 2 N–H and O–H groups in total. The standard InChI is InChI=1S/C11H11ClFN3O/c12-9-3-2-8(6-10(9)13)16-7-11(17)15-5-1-4-14/h2-3,6,16H,1,5,7H2,(H,15,17). The van der Waals surface area contributed by atoms with Gasteiger partial charge in [-0.25, -0.2) is 4.39 Å². The van der Waals surface area contributed by atoms with Crippen LogP contribution in [-0.2, 0) is 4.79 Å². The van der Waals surface area contributed by atoms with Crippen LogP contribution in [0.4, 0.5) is 10.1 Å². The first-order valence-corrected chi connectivity index (χ1v) is 5.34. The number of hydrogen-bond donors (Lipinski definition) is 2. The van der Waals surface area contributed by atoms with Crippen molar-refractivity contribution in [3.8, 4) is 6.07 Å². The first-order valence-electron chi connectivity index (χ1n) is 4.96. The third-order valence-electron chi connectivity index (χ3n) is 1.93. The van der Waals surface area contributed by atoms with Crippen molar-refractivity contribution < 1.29 is 9.18 Å². The van der Waals surface area contributed by atoms with Crippen LogP contribution in [0.3, 0.4) is 0 Å². The van der Waals surface area contributed by atoms with Crippen molar-refractivity contribution in [2.45, 2.75) is 6.42 Å². The smallest absolute Gasteiger partial charge is 0.239 e. The zero-order valence-corrected chi connectivity index (χ0v) is 9.72. The molecule has 90 valence electrons. The number of nitrogens with zero attached hydrogens (tertiary/aromatic N) is 1. The predicted molar refractivity (Wildman–Crippen MR) is 63.1 cm³/mol. The van der Waals surface area contributed by atoms with E-state index in [0.717, 1.165) is 0 Å². The average molecular weight is 256 g/mol. The molecule has 0 saturated heterocycles. The Hall–Kier alpha value is -1.80. The zero-order chi connectivity index (χ0) is 12.7. The second-order valence-corrected chi connectivity index (χ2v) is 3.65. The minimum Gasteiger partial charge on any atom is -0.376 e. The first kappa shape index (κ1) is 13.3. The molecular weight excluding hydrogens is 245 g/mol. The molecule has 1 amide bonds. The van der Waals surface area contributed by atoms with Crippen LogP contribution >= 0.6 is 11.6 Å². The van der Waals surface area contributed by atoms with Gasteiger partial charge in [-0.05, 0) is 18.2 Å². The second kappa shape index (κ2) is 6.71. The van der Waals surface area contributed by atoms with Crippen molar-refractivity contribution in [1.29, 1.82) is 5.26 Å². The van der Waals surface area contributed by atoms with Crippen molar-refractivity contribution in [1.82, 2.24) is 5.32 Å². The maximum Gasteiger partial charge on any atom is 0.239 e. The lowest BCUT2D eigenvalue weighted by Crippen LogP contribution is -2.30. The molecule has 0 aliphatic rings. The van der Waals surface area contributed by atoms with Crippen molar-refractivity contribution in [2.24, 2.45) is 0 Å². The van der Waals surface area contributed by atoms with Crippen LogP contribution in [0.15, 0.2) is 18.2 Å². The Balaban J connectivity index is 2.37. The number of rotatable bonds is 5. The third kappa shape index (κ3) is 4.70. The molecule has 0 spiro atoms. The SMILES string of the molecule is N#CCCNC(=O)CNc1ccc(Cl)c(F)c1. The van der Waals surface area contributed by atoms with E-state index in [-0.39, 0.29) is 23.9 Å². The summed E-state index contributed by atoms with van der Waals surface area (Å²) in [6.45, 7) is 0.332. The lowest BCUT2D eigenvalue weighted by molar-refractivity contribution is -0.119. The Morgan fingerprint density at radius 2 is 2.29 bits per heavy atom. The summed E-state index contributed by atoms with van der Waals surface area (Å²) < 4.78 is 13.0. The number of nitriles is 1. The van der Waals surface area contributed by atoms with Crippen LogP contribution in [0.1, 0.15) is 6.42 Å². The Kier molecular flexibility index (Phi) is 5.24. The van der Waals surface area contributed by atoms with E-state index in [2.05, 4.69) is 10.6 Å². The summed E-state index contributed by atoms with van der Waals surface area (Å²) in [5.41, 5.74) is 0.474. The van der Waals surface area contributed by atoms with Crippen molar-refractivity contribution >= 4 is 23.2 Å². The molecule has 0 radical (unpaired) electrons. The van der Waals surface area contributed by atoms with Gasteiger partial charge in [0.05, 0.1) is 24.1 Å². The van der Waals surface area contributed by atoms with Crippen LogP contribution in [0.25, 0.3) is 0 Å². The molecule has 1 aromatic carbocycles. The molecule has 0 fully saturated rings. The van der Waals surface area contributed by atoms with Gasteiger partial charge in [-0.1, -0.05) is 11.6 Å². The van der Waals surface area contributed by atoms with Crippen LogP contribution in [0.5, 0.6) is 0 Å². The summed E-state index contributed by atoms with van der Waals surface area (Å²) in [5.74, 6) is -0.794. The summed E-state index contributed by atoms with van der Waals surface area (Å²) in [5, 5.41) is 13.6. The van der Waals surface area contributed by atoms with E-state index in [0.29, 0.717) is 12.2 Å². The first-order chi connectivity index (χ1) is 8.13. The van der Waals surface area contributed by atoms with E-state index in [1.807, 2.05) is 6.07 Å². The Labute approximate surface area is 103 Å². The number of amides is 1. The second-order valence-electron chi connectivity index (χ2n) is 3.24. The maximum absolute atomic E-state index is 13.0. The molecule has 0 aliphatic heterocycles. The summed E-state index contributed by atoms with van der Waals surface area (Å²) in [6, 6.07) is 6.11. The van der Waals surface area contributed by atoms with Gasteiger partial charge in [0.25, 0.3) is 0 Å². The van der Waals surface area contributed by atoms with E-state index in [9.17, 15) is 9.18 Å². The van der Waals surface area contributed by atoms with Gasteiger partial charge < -0.3 is 10.6 Å². The molecule has 1 aromatic rings. The predicted octanol–water partition coefficient (Wildman–Crippen LogP) is 1.92. The molecule has 4 nitrogen and oxygen atoms in total. The normalized spacial score (nSPS) is 9.47. The van der Waals surface area contributed by atoms with E-state index in [4.69, 9.17) is 16.9 Å². The summed E-state index contributed by atoms with van der Waals surface area (Å²) in [4.78, 5) is 11.2. The van der Waals surface area contributed by atoms with Crippen molar-refractivity contribution in [2.75, 3.05) is 18.4 Å². The highest BCUT2D eigenvalue weighted by Gasteiger charge is 2.03. The zero-order valence-electron chi connectivity index (χ0n) is 8.96. The number of carbonyl (C=O) groups excluding carboxylic acids is 1. The highest BCUT2D eigenvalue weighted by molar-refractivity contribution is 6.30. The molecule has 0 saturated carbocycles. The van der Waals surface area contributed by atoms with Gasteiger partial charge in [0.2, 0.25) is 5.91 Å². The number of anilines is 1. The fourth-order valence-electron chi connectivity index (χ4n) is 1.11. The van der Waals surface area contributed by atoms with Crippen LogP contribution in [0, 0.1) is 17.1 Å². The summed E-state index contributed by atoms with van der Waals surface area (Å²) >= 11 is 5.52. The summed E-state index contributed by atoms with van der Waals surface area (Å²) in [6.07, 6.45) is 0.265.